The Morgan fingerprint density at radius 2 is 2.12 bits per heavy atom. The molecule has 1 amide bonds. The van der Waals surface area contributed by atoms with Crippen LogP contribution in [0.4, 0.5) is 17.3 Å². The van der Waals surface area contributed by atoms with Gasteiger partial charge >= 0.3 is 0 Å². The molecule has 0 saturated carbocycles. The number of nitro benzene ring substituents is 1. The number of rotatable bonds is 7. The lowest BCUT2D eigenvalue weighted by atomic mass is 10.1. The van der Waals surface area contributed by atoms with Gasteiger partial charge in [-0.3, -0.25) is 20.2 Å². The molecule has 1 aromatic carbocycles. The van der Waals surface area contributed by atoms with Gasteiger partial charge in [0.15, 0.2) is 0 Å². The maximum absolute atomic E-state index is 12.4. The molecule has 2 aromatic rings. The van der Waals surface area contributed by atoms with Crippen molar-refractivity contribution in [1.82, 2.24) is 20.2 Å². The number of tetrazole rings is 1. The highest BCUT2D eigenvalue weighted by atomic mass is 16.6. The number of carbonyl (C=O) groups is 1. The summed E-state index contributed by atoms with van der Waals surface area (Å²) >= 11 is 0. The van der Waals surface area contributed by atoms with Crippen molar-refractivity contribution >= 4 is 23.2 Å². The van der Waals surface area contributed by atoms with Gasteiger partial charge < -0.3 is 4.90 Å². The molecule has 0 spiro atoms. The zero-order chi connectivity index (χ0) is 18.5. The van der Waals surface area contributed by atoms with Crippen molar-refractivity contribution in [1.29, 1.82) is 0 Å². The molecule has 1 fully saturated rings. The van der Waals surface area contributed by atoms with Crippen LogP contribution in [0.3, 0.4) is 0 Å². The normalized spacial score (nSPS) is 13.8. The van der Waals surface area contributed by atoms with Crippen molar-refractivity contribution in [3.63, 3.8) is 0 Å². The van der Waals surface area contributed by atoms with E-state index in [1.807, 2.05) is 4.90 Å². The molecule has 138 valence electrons. The predicted octanol–water partition coefficient (Wildman–Crippen LogP) is 2.23. The first kappa shape index (κ1) is 17.8. The van der Waals surface area contributed by atoms with Crippen molar-refractivity contribution in [3.8, 4) is 0 Å². The molecule has 0 bridgehead atoms. The average Bonchev–Trinajstić information content (AvgIpc) is 3.31. The number of aromatic nitrogens is 4. The number of hydrogen-bond donors (Lipinski definition) is 1. The first-order chi connectivity index (χ1) is 12.6. The summed E-state index contributed by atoms with van der Waals surface area (Å²) < 4.78 is 0. The monoisotopic (exact) mass is 359 g/mol. The Balaban J connectivity index is 1.75. The van der Waals surface area contributed by atoms with Crippen molar-refractivity contribution in [2.75, 3.05) is 23.3 Å². The van der Waals surface area contributed by atoms with E-state index in [2.05, 4.69) is 27.7 Å². The second-order valence-electron chi connectivity index (χ2n) is 6.17. The number of carbonyl (C=O) groups excluding carboxylic acids is 1. The summed E-state index contributed by atoms with van der Waals surface area (Å²) in [6, 6.07) is 4.51. The minimum atomic E-state index is -0.504. The topological polar surface area (TPSA) is 119 Å². The molecule has 1 aliphatic rings. The van der Waals surface area contributed by atoms with E-state index in [1.54, 1.807) is 12.1 Å². The second-order valence-corrected chi connectivity index (χ2v) is 6.17. The Bertz CT molecular complexity index is 799. The zero-order valence-corrected chi connectivity index (χ0v) is 14.6. The fraction of sp³-hybridized carbons (Fsp3) is 0.500. The van der Waals surface area contributed by atoms with Gasteiger partial charge in [-0.15, -0.1) is 5.10 Å². The minimum absolute atomic E-state index is 0.0703. The molecule has 1 N–H and O–H groups in total. The van der Waals surface area contributed by atoms with Crippen LogP contribution in [0, 0.1) is 10.1 Å². The molecule has 0 radical (unpaired) electrons. The highest BCUT2D eigenvalue weighted by molar-refractivity contribution is 6.04. The zero-order valence-electron chi connectivity index (χ0n) is 14.6. The summed E-state index contributed by atoms with van der Waals surface area (Å²) in [6.07, 6.45) is 3.93. The van der Waals surface area contributed by atoms with Crippen molar-refractivity contribution in [3.05, 3.63) is 33.9 Å². The molecular weight excluding hydrogens is 338 g/mol. The number of amides is 1. The lowest BCUT2D eigenvalue weighted by molar-refractivity contribution is -0.384. The SMILES string of the molecule is CCCCn1nnc(NC(=O)c2ccc(N3CCCC3)c([N+](=O)[O-])c2)n1. The third-order valence-corrected chi connectivity index (χ3v) is 4.27. The van der Waals surface area contributed by atoms with E-state index in [4.69, 9.17) is 0 Å². The molecule has 1 aliphatic heterocycles. The van der Waals surface area contributed by atoms with Crippen LogP contribution < -0.4 is 10.2 Å². The van der Waals surface area contributed by atoms with Crippen LogP contribution in [-0.2, 0) is 6.54 Å². The van der Waals surface area contributed by atoms with E-state index in [1.165, 1.54) is 10.9 Å². The minimum Gasteiger partial charge on any atom is -0.366 e. The number of anilines is 2. The van der Waals surface area contributed by atoms with Crippen LogP contribution in [0.2, 0.25) is 0 Å². The molecule has 10 heteroatoms. The summed E-state index contributed by atoms with van der Waals surface area (Å²) in [5.41, 5.74) is 0.663. The van der Waals surface area contributed by atoms with Crippen LogP contribution in [0.15, 0.2) is 18.2 Å². The average molecular weight is 359 g/mol. The first-order valence-corrected chi connectivity index (χ1v) is 8.71. The molecule has 26 heavy (non-hydrogen) atoms. The van der Waals surface area contributed by atoms with Gasteiger partial charge in [0.25, 0.3) is 17.5 Å². The molecular formula is C16H21N7O3. The number of aryl methyl sites for hydroxylation is 1. The largest absolute Gasteiger partial charge is 0.366 e. The molecule has 0 aliphatic carbocycles. The Hall–Kier alpha value is -3.04. The van der Waals surface area contributed by atoms with E-state index in [9.17, 15) is 14.9 Å². The van der Waals surface area contributed by atoms with Crippen LogP contribution in [0.5, 0.6) is 0 Å². The lowest BCUT2D eigenvalue weighted by Gasteiger charge is -2.17. The van der Waals surface area contributed by atoms with Crippen molar-refractivity contribution in [2.24, 2.45) is 0 Å². The van der Waals surface area contributed by atoms with Crippen molar-refractivity contribution in [2.45, 2.75) is 39.2 Å². The molecule has 3 rings (SSSR count). The Labute approximate surface area is 150 Å². The van der Waals surface area contributed by atoms with Crippen LogP contribution in [0.1, 0.15) is 43.0 Å². The van der Waals surface area contributed by atoms with Crippen LogP contribution in [-0.4, -0.2) is 44.1 Å². The summed E-state index contributed by atoms with van der Waals surface area (Å²) in [7, 11) is 0. The first-order valence-electron chi connectivity index (χ1n) is 8.71. The number of nitro groups is 1. The number of nitrogens with one attached hydrogen (secondary N) is 1. The number of hydrogen-bond acceptors (Lipinski definition) is 7. The van der Waals surface area contributed by atoms with Gasteiger partial charge in [0.2, 0.25) is 0 Å². The van der Waals surface area contributed by atoms with Gasteiger partial charge in [-0.2, -0.15) is 4.80 Å². The fourth-order valence-corrected chi connectivity index (χ4v) is 2.90. The van der Waals surface area contributed by atoms with Gasteiger partial charge in [-0.25, -0.2) is 0 Å². The maximum Gasteiger partial charge on any atom is 0.293 e. The molecule has 1 aromatic heterocycles. The number of nitrogens with zero attached hydrogens (tertiary/aromatic N) is 6. The second kappa shape index (κ2) is 7.89. The summed E-state index contributed by atoms with van der Waals surface area (Å²) in [5.74, 6) is -0.423. The lowest BCUT2D eigenvalue weighted by Crippen LogP contribution is -2.20. The Morgan fingerprint density at radius 1 is 1.35 bits per heavy atom. The van der Waals surface area contributed by atoms with Gasteiger partial charge in [0.1, 0.15) is 5.69 Å². The van der Waals surface area contributed by atoms with Gasteiger partial charge in [0.05, 0.1) is 11.5 Å². The molecule has 10 nitrogen and oxygen atoms in total. The molecule has 0 unspecified atom stereocenters. The Morgan fingerprint density at radius 3 is 2.81 bits per heavy atom. The quantitative estimate of drug-likeness (QED) is 0.594. The van der Waals surface area contributed by atoms with Gasteiger partial charge in [-0.05, 0) is 36.6 Å². The number of unbranched alkanes of at least 4 members (excludes halogenated alkanes) is 1. The van der Waals surface area contributed by atoms with E-state index in [0.717, 1.165) is 38.8 Å². The summed E-state index contributed by atoms with van der Waals surface area (Å²) in [4.78, 5) is 26.7. The van der Waals surface area contributed by atoms with Crippen LogP contribution >= 0.6 is 0 Å². The summed E-state index contributed by atoms with van der Waals surface area (Å²) in [5, 5.41) is 25.7. The molecule has 0 atom stereocenters. The third-order valence-electron chi connectivity index (χ3n) is 4.27. The standard InChI is InChI=1S/C16H21N7O3/c1-2-3-10-22-19-16(18-20-22)17-15(24)12-6-7-13(14(11-12)23(25)26)21-8-4-5-9-21/h6-7,11H,2-5,8-10H2,1H3,(H,17,19,24). The highest BCUT2D eigenvalue weighted by Gasteiger charge is 2.24. The van der Waals surface area contributed by atoms with Gasteiger partial charge in [0, 0.05) is 24.7 Å². The van der Waals surface area contributed by atoms with Gasteiger partial charge in [-0.1, -0.05) is 18.4 Å². The third kappa shape index (κ3) is 3.95. The fourth-order valence-electron chi connectivity index (χ4n) is 2.90. The van der Waals surface area contributed by atoms with Crippen molar-refractivity contribution < 1.29 is 9.72 Å². The molecule has 2 heterocycles. The van der Waals surface area contributed by atoms with E-state index in [-0.39, 0.29) is 17.2 Å². The smallest absolute Gasteiger partial charge is 0.293 e. The van der Waals surface area contributed by atoms with E-state index >= 15 is 0 Å². The predicted molar refractivity (Wildman–Crippen MR) is 95.2 cm³/mol. The molecule has 1 saturated heterocycles. The Kier molecular flexibility index (Phi) is 5.40. The van der Waals surface area contributed by atoms with E-state index in [0.29, 0.717) is 12.2 Å². The van der Waals surface area contributed by atoms with E-state index < -0.39 is 10.8 Å². The highest BCUT2D eigenvalue weighted by Crippen LogP contribution is 2.31. The number of benzene rings is 1. The summed E-state index contributed by atoms with van der Waals surface area (Å²) in [6.45, 7) is 4.25. The maximum atomic E-state index is 12.4. The van der Waals surface area contributed by atoms with Crippen LogP contribution in [0.25, 0.3) is 0 Å².